The van der Waals surface area contributed by atoms with Crippen molar-refractivity contribution in [1.82, 2.24) is 9.21 Å². The quantitative estimate of drug-likeness (QED) is 0.837. The lowest BCUT2D eigenvalue weighted by Gasteiger charge is -2.28. The molecule has 1 aliphatic rings. The fourth-order valence-electron chi connectivity index (χ4n) is 2.54. The van der Waals surface area contributed by atoms with E-state index in [9.17, 15) is 12.8 Å². The van der Waals surface area contributed by atoms with Crippen molar-refractivity contribution in [2.75, 3.05) is 33.2 Å². The van der Waals surface area contributed by atoms with Crippen LogP contribution in [0.5, 0.6) is 0 Å². The number of halogens is 1. The van der Waals surface area contributed by atoms with E-state index in [0.717, 1.165) is 19.6 Å². The van der Waals surface area contributed by atoms with Crippen molar-refractivity contribution in [3.8, 4) is 0 Å². The summed E-state index contributed by atoms with van der Waals surface area (Å²) in [7, 11) is -1.96. The van der Waals surface area contributed by atoms with Crippen LogP contribution in [-0.2, 0) is 10.0 Å². The molecule has 6 heteroatoms. The summed E-state index contributed by atoms with van der Waals surface area (Å²) in [6.07, 6.45) is 3.64. The van der Waals surface area contributed by atoms with E-state index in [1.165, 1.54) is 41.8 Å². The number of nitrogens with zero attached hydrogens (tertiary/aromatic N) is 2. The summed E-state index contributed by atoms with van der Waals surface area (Å²) < 4.78 is 39.5. The van der Waals surface area contributed by atoms with Crippen LogP contribution in [0.15, 0.2) is 23.1 Å². The minimum atomic E-state index is -3.54. The molecule has 1 aromatic rings. The molecule has 21 heavy (non-hydrogen) atoms. The number of sulfonamides is 1. The summed E-state index contributed by atoms with van der Waals surface area (Å²) in [6.45, 7) is 4.86. The molecule has 1 saturated heterocycles. The zero-order valence-electron chi connectivity index (χ0n) is 12.7. The second-order valence-electron chi connectivity index (χ2n) is 5.64. The van der Waals surface area contributed by atoms with Crippen molar-refractivity contribution in [3.05, 3.63) is 29.6 Å². The third kappa shape index (κ3) is 4.02. The van der Waals surface area contributed by atoms with Crippen LogP contribution in [0.25, 0.3) is 0 Å². The maximum atomic E-state index is 13.3. The van der Waals surface area contributed by atoms with Gasteiger partial charge in [0.25, 0.3) is 0 Å². The molecule has 0 N–H and O–H groups in total. The third-order valence-electron chi connectivity index (χ3n) is 4.02. The van der Waals surface area contributed by atoms with Crippen molar-refractivity contribution in [2.45, 2.75) is 31.1 Å². The van der Waals surface area contributed by atoms with E-state index < -0.39 is 10.0 Å². The number of hydrogen-bond donors (Lipinski definition) is 0. The van der Waals surface area contributed by atoms with E-state index in [2.05, 4.69) is 4.90 Å². The van der Waals surface area contributed by atoms with Crippen LogP contribution >= 0.6 is 0 Å². The highest BCUT2D eigenvalue weighted by atomic mass is 32.2. The van der Waals surface area contributed by atoms with Gasteiger partial charge in [-0.2, -0.15) is 4.31 Å². The minimum Gasteiger partial charge on any atom is -0.302 e. The topological polar surface area (TPSA) is 40.6 Å². The largest absolute Gasteiger partial charge is 0.302 e. The van der Waals surface area contributed by atoms with Gasteiger partial charge in [0, 0.05) is 20.1 Å². The Balaban J connectivity index is 2.02. The fourth-order valence-corrected chi connectivity index (χ4v) is 3.79. The van der Waals surface area contributed by atoms with Crippen molar-refractivity contribution < 1.29 is 12.8 Å². The first-order chi connectivity index (χ1) is 9.91. The van der Waals surface area contributed by atoms with Crippen molar-refractivity contribution in [1.29, 1.82) is 0 Å². The molecule has 1 heterocycles. The minimum absolute atomic E-state index is 0.155. The molecule has 1 aromatic carbocycles. The lowest BCUT2D eigenvalue weighted by Crippen LogP contribution is -2.38. The lowest BCUT2D eigenvalue weighted by atomic mass is 10.1. The highest BCUT2D eigenvalue weighted by Gasteiger charge is 2.22. The summed E-state index contributed by atoms with van der Waals surface area (Å²) in [5.41, 5.74) is 0.348. The molecule has 2 rings (SSSR count). The van der Waals surface area contributed by atoms with E-state index >= 15 is 0 Å². The number of likely N-dealkylation sites (tertiary alicyclic amines) is 1. The molecular weight excluding hydrogens is 291 g/mol. The average Bonchev–Trinajstić information content (AvgIpc) is 2.48. The summed E-state index contributed by atoms with van der Waals surface area (Å²) in [4.78, 5) is 2.45. The third-order valence-corrected chi connectivity index (χ3v) is 5.87. The maximum absolute atomic E-state index is 13.3. The average molecular weight is 314 g/mol. The van der Waals surface area contributed by atoms with Gasteiger partial charge in [-0.05, 0) is 56.6 Å². The number of hydrogen-bond acceptors (Lipinski definition) is 3. The molecule has 0 unspecified atom stereocenters. The number of piperidine rings is 1. The van der Waals surface area contributed by atoms with Gasteiger partial charge >= 0.3 is 0 Å². The standard InChI is InChI=1S/C15H23FN2O2S/c1-13-12-14(6-7-15(13)16)21(19,20)17(2)10-11-18-8-4-3-5-9-18/h6-7,12H,3-5,8-11H2,1-2H3. The van der Waals surface area contributed by atoms with Gasteiger partial charge in [-0.1, -0.05) is 6.42 Å². The van der Waals surface area contributed by atoms with E-state index in [4.69, 9.17) is 0 Å². The monoisotopic (exact) mass is 314 g/mol. The van der Waals surface area contributed by atoms with Crippen LogP contribution in [0.2, 0.25) is 0 Å². The Labute approximate surface area is 126 Å². The van der Waals surface area contributed by atoms with Gasteiger partial charge < -0.3 is 4.90 Å². The van der Waals surface area contributed by atoms with Gasteiger partial charge in [0.05, 0.1) is 4.90 Å². The summed E-state index contributed by atoms with van der Waals surface area (Å²) in [5, 5.41) is 0. The molecular formula is C15H23FN2O2S. The summed E-state index contributed by atoms with van der Waals surface area (Å²) >= 11 is 0. The van der Waals surface area contributed by atoms with Gasteiger partial charge in [-0.15, -0.1) is 0 Å². The van der Waals surface area contributed by atoms with Crippen LogP contribution in [0.1, 0.15) is 24.8 Å². The summed E-state index contributed by atoms with van der Waals surface area (Å²) in [6, 6.07) is 3.93. The molecule has 0 saturated carbocycles. The Morgan fingerprint density at radius 2 is 1.90 bits per heavy atom. The van der Waals surface area contributed by atoms with Crippen molar-refractivity contribution in [2.24, 2.45) is 0 Å². The first kappa shape index (κ1) is 16.4. The molecule has 1 aliphatic heterocycles. The fraction of sp³-hybridized carbons (Fsp3) is 0.600. The van der Waals surface area contributed by atoms with Crippen molar-refractivity contribution >= 4 is 10.0 Å². The van der Waals surface area contributed by atoms with Gasteiger partial charge in [0.15, 0.2) is 0 Å². The van der Waals surface area contributed by atoms with Crippen LogP contribution in [-0.4, -0.2) is 50.8 Å². The highest BCUT2D eigenvalue weighted by molar-refractivity contribution is 7.89. The normalized spacial score (nSPS) is 17.3. The summed E-state index contributed by atoms with van der Waals surface area (Å²) in [5.74, 6) is -0.384. The van der Waals surface area contributed by atoms with Gasteiger partial charge in [0.2, 0.25) is 10.0 Å². The van der Waals surface area contributed by atoms with Crippen LogP contribution in [0.4, 0.5) is 4.39 Å². The molecule has 118 valence electrons. The van der Waals surface area contributed by atoms with E-state index in [-0.39, 0.29) is 10.7 Å². The Bertz CT molecular complexity index is 583. The first-order valence-electron chi connectivity index (χ1n) is 7.36. The van der Waals surface area contributed by atoms with E-state index in [0.29, 0.717) is 12.1 Å². The molecule has 0 aromatic heterocycles. The molecule has 0 amide bonds. The zero-order valence-corrected chi connectivity index (χ0v) is 13.5. The molecule has 1 fully saturated rings. The number of rotatable bonds is 5. The lowest BCUT2D eigenvalue weighted by molar-refractivity contribution is 0.218. The Kier molecular flexibility index (Phi) is 5.35. The highest BCUT2D eigenvalue weighted by Crippen LogP contribution is 2.18. The Hall–Kier alpha value is -0.980. The predicted molar refractivity (Wildman–Crippen MR) is 81.2 cm³/mol. The molecule has 4 nitrogen and oxygen atoms in total. The van der Waals surface area contributed by atoms with Crippen LogP contribution < -0.4 is 0 Å². The predicted octanol–water partition coefficient (Wildman–Crippen LogP) is 2.24. The SMILES string of the molecule is Cc1cc(S(=O)(=O)N(C)CCN2CCCCC2)ccc1F. The molecule has 0 radical (unpaired) electrons. The number of likely N-dealkylation sites (N-methyl/N-ethyl adjacent to an activating group) is 1. The van der Waals surface area contributed by atoms with E-state index in [1.807, 2.05) is 0 Å². The second-order valence-corrected chi connectivity index (χ2v) is 7.68. The molecule has 0 spiro atoms. The first-order valence-corrected chi connectivity index (χ1v) is 8.80. The van der Waals surface area contributed by atoms with Gasteiger partial charge in [-0.25, -0.2) is 12.8 Å². The van der Waals surface area contributed by atoms with Gasteiger partial charge in [-0.3, -0.25) is 0 Å². The molecule has 0 aliphatic carbocycles. The van der Waals surface area contributed by atoms with Crippen molar-refractivity contribution in [3.63, 3.8) is 0 Å². The maximum Gasteiger partial charge on any atom is 0.242 e. The second kappa shape index (κ2) is 6.85. The Morgan fingerprint density at radius 1 is 1.24 bits per heavy atom. The van der Waals surface area contributed by atoms with E-state index in [1.54, 1.807) is 14.0 Å². The van der Waals surface area contributed by atoms with Crippen LogP contribution in [0.3, 0.4) is 0 Å². The Morgan fingerprint density at radius 3 is 2.52 bits per heavy atom. The molecule has 0 atom stereocenters. The van der Waals surface area contributed by atoms with Crippen LogP contribution in [0, 0.1) is 12.7 Å². The number of aryl methyl sites for hydroxylation is 1. The number of benzene rings is 1. The zero-order chi connectivity index (χ0) is 15.5. The smallest absolute Gasteiger partial charge is 0.242 e. The van der Waals surface area contributed by atoms with Gasteiger partial charge in [0.1, 0.15) is 5.82 Å². The molecule has 0 bridgehead atoms.